The molecule has 4 nitrogen and oxygen atoms in total. The molecule has 0 bridgehead atoms. The maximum absolute atomic E-state index is 10.5. The van der Waals surface area contributed by atoms with Crippen molar-refractivity contribution in [3.63, 3.8) is 0 Å². The van der Waals surface area contributed by atoms with Crippen molar-refractivity contribution in [1.82, 2.24) is 4.90 Å². The van der Waals surface area contributed by atoms with Gasteiger partial charge >= 0.3 is 5.97 Å². The van der Waals surface area contributed by atoms with Gasteiger partial charge in [0.05, 0.1) is 6.10 Å². The number of nitrogens with zero attached hydrogens (tertiary/aromatic N) is 1. The van der Waals surface area contributed by atoms with Crippen LogP contribution in [0.15, 0.2) is 12.2 Å². The van der Waals surface area contributed by atoms with Gasteiger partial charge in [-0.2, -0.15) is 0 Å². The highest BCUT2D eigenvalue weighted by atomic mass is 16.4. The molecule has 0 aromatic rings. The van der Waals surface area contributed by atoms with Crippen LogP contribution < -0.4 is 0 Å². The van der Waals surface area contributed by atoms with E-state index in [1.807, 2.05) is 19.9 Å². The second-order valence-electron chi connectivity index (χ2n) is 7.07. The van der Waals surface area contributed by atoms with Crippen LogP contribution in [0, 0.1) is 17.8 Å². The summed E-state index contributed by atoms with van der Waals surface area (Å²) in [5.41, 5.74) is 0. The number of carbonyl (C=O) groups is 1. The normalized spacial score (nSPS) is 20.4. The molecule has 0 saturated carbocycles. The van der Waals surface area contributed by atoms with Crippen LogP contribution in [-0.2, 0) is 4.79 Å². The van der Waals surface area contributed by atoms with E-state index in [0.717, 1.165) is 58.0 Å². The maximum Gasteiger partial charge on any atom is 0.303 e. The summed E-state index contributed by atoms with van der Waals surface area (Å²) in [4.78, 5) is 13.0. The molecule has 0 aliphatic carbocycles. The average molecular weight is 350 g/mol. The van der Waals surface area contributed by atoms with Gasteiger partial charge in [-0.15, -0.1) is 11.8 Å². The Morgan fingerprint density at radius 2 is 2.04 bits per heavy atom. The minimum atomic E-state index is -0.696. The molecule has 1 aliphatic rings. The van der Waals surface area contributed by atoms with Crippen LogP contribution in [0.2, 0.25) is 0 Å². The third-order valence-corrected chi connectivity index (χ3v) is 4.84. The second kappa shape index (κ2) is 13.0. The summed E-state index contributed by atoms with van der Waals surface area (Å²) >= 11 is 0. The highest BCUT2D eigenvalue weighted by Gasteiger charge is 2.22. The molecule has 0 aromatic heterocycles. The fraction of sp³-hybridized carbons (Fsp3) is 0.762. The molecule has 3 atom stereocenters. The van der Waals surface area contributed by atoms with E-state index in [4.69, 9.17) is 5.11 Å². The zero-order valence-electron chi connectivity index (χ0n) is 15.9. The fourth-order valence-electron chi connectivity index (χ4n) is 3.20. The lowest BCUT2D eigenvalue weighted by molar-refractivity contribution is -0.137. The van der Waals surface area contributed by atoms with Gasteiger partial charge in [0.1, 0.15) is 0 Å². The Morgan fingerprint density at radius 3 is 2.76 bits per heavy atom. The van der Waals surface area contributed by atoms with Crippen molar-refractivity contribution in [3.8, 4) is 11.8 Å². The Labute approximate surface area is 153 Å². The predicted molar refractivity (Wildman–Crippen MR) is 102 cm³/mol. The zero-order chi connectivity index (χ0) is 18.5. The first-order chi connectivity index (χ1) is 12.0. The number of aliphatic hydroxyl groups excluding tert-OH is 1. The van der Waals surface area contributed by atoms with E-state index >= 15 is 0 Å². The zero-order valence-corrected chi connectivity index (χ0v) is 15.9. The van der Waals surface area contributed by atoms with Crippen LogP contribution in [0.3, 0.4) is 0 Å². The monoisotopic (exact) mass is 349 g/mol. The van der Waals surface area contributed by atoms with Crippen molar-refractivity contribution in [2.75, 3.05) is 13.1 Å². The SMILES string of the molecule is CCC#CCC(C)[C@H](O)/C=C/[C@H]1CCCN1CCCCCCC(=O)O. The number of aliphatic carboxylic acids is 1. The molecule has 2 N–H and O–H groups in total. The number of hydrogen-bond acceptors (Lipinski definition) is 3. The minimum Gasteiger partial charge on any atom is -0.481 e. The van der Waals surface area contributed by atoms with Gasteiger partial charge in [-0.05, 0) is 44.7 Å². The first-order valence-corrected chi connectivity index (χ1v) is 9.82. The topological polar surface area (TPSA) is 60.8 Å². The Morgan fingerprint density at radius 1 is 1.28 bits per heavy atom. The fourth-order valence-corrected chi connectivity index (χ4v) is 3.20. The molecule has 1 heterocycles. The van der Waals surface area contributed by atoms with E-state index in [0.29, 0.717) is 6.04 Å². The Kier molecular flexibility index (Phi) is 11.3. The molecule has 0 amide bonds. The Bertz CT molecular complexity index is 463. The van der Waals surface area contributed by atoms with E-state index < -0.39 is 12.1 Å². The molecule has 0 aromatic carbocycles. The molecular formula is C21H35NO3. The van der Waals surface area contributed by atoms with Gasteiger partial charge in [0.2, 0.25) is 0 Å². The third-order valence-electron chi connectivity index (χ3n) is 4.84. The van der Waals surface area contributed by atoms with Crippen LogP contribution in [0.1, 0.15) is 71.6 Å². The lowest BCUT2D eigenvalue weighted by Gasteiger charge is -2.22. The summed E-state index contributed by atoms with van der Waals surface area (Å²) in [5.74, 6) is 5.64. The van der Waals surface area contributed by atoms with Crippen molar-refractivity contribution >= 4 is 5.97 Å². The summed E-state index contributed by atoms with van der Waals surface area (Å²) < 4.78 is 0. The highest BCUT2D eigenvalue weighted by Crippen LogP contribution is 2.20. The minimum absolute atomic E-state index is 0.166. The number of carboxylic acids is 1. The molecule has 0 radical (unpaired) electrons. The molecule has 1 fully saturated rings. The first-order valence-electron chi connectivity index (χ1n) is 9.82. The van der Waals surface area contributed by atoms with E-state index in [1.54, 1.807) is 0 Å². The van der Waals surface area contributed by atoms with Gasteiger partial charge in [-0.3, -0.25) is 9.69 Å². The average Bonchev–Trinajstić information content (AvgIpc) is 3.03. The van der Waals surface area contributed by atoms with Crippen LogP contribution in [0.4, 0.5) is 0 Å². The van der Waals surface area contributed by atoms with Crippen molar-refractivity contribution in [1.29, 1.82) is 0 Å². The first kappa shape index (κ1) is 21.7. The smallest absolute Gasteiger partial charge is 0.303 e. The van der Waals surface area contributed by atoms with Gasteiger partial charge in [0, 0.05) is 25.3 Å². The molecule has 142 valence electrons. The summed E-state index contributed by atoms with van der Waals surface area (Å²) in [6, 6.07) is 0.433. The molecule has 1 saturated heterocycles. The number of hydrogen-bond donors (Lipinski definition) is 2. The predicted octanol–water partition coefficient (Wildman–Crippen LogP) is 3.84. The molecule has 0 spiro atoms. The van der Waals surface area contributed by atoms with Gasteiger partial charge in [-0.1, -0.05) is 38.8 Å². The molecule has 25 heavy (non-hydrogen) atoms. The standard InChI is InChI=1S/C21H35NO3/c1-3-4-7-11-18(2)20(23)15-14-19-12-10-17-22(19)16-9-6-5-8-13-21(24)25/h14-15,18-20,23H,3,5-6,8-13,16-17H2,1-2H3,(H,24,25)/b15-14+/t18?,19-,20-/m1/s1. The maximum atomic E-state index is 10.5. The van der Waals surface area contributed by atoms with E-state index in [1.165, 1.54) is 6.42 Å². The molecule has 4 heteroatoms. The van der Waals surface area contributed by atoms with Crippen LogP contribution >= 0.6 is 0 Å². The van der Waals surface area contributed by atoms with Gasteiger partial charge in [-0.25, -0.2) is 0 Å². The molecular weight excluding hydrogens is 314 g/mol. The molecule has 1 rings (SSSR count). The van der Waals surface area contributed by atoms with Crippen molar-refractivity contribution < 1.29 is 15.0 Å². The second-order valence-corrected chi connectivity index (χ2v) is 7.07. The third kappa shape index (κ3) is 9.67. The summed E-state index contributed by atoms with van der Waals surface area (Å²) in [6.45, 7) is 6.27. The van der Waals surface area contributed by atoms with Crippen molar-refractivity contribution in [3.05, 3.63) is 12.2 Å². The summed E-state index contributed by atoms with van der Waals surface area (Å²) in [5, 5.41) is 18.9. The van der Waals surface area contributed by atoms with Crippen LogP contribution in [-0.4, -0.2) is 46.3 Å². The number of aliphatic hydroxyl groups is 1. The van der Waals surface area contributed by atoms with Crippen LogP contribution in [0.5, 0.6) is 0 Å². The largest absolute Gasteiger partial charge is 0.481 e. The number of carboxylic acid groups (broad SMARTS) is 1. The van der Waals surface area contributed by atoms with E-state index in [9.17, 15) is 9.90 Å². The van der Waals surface area contributed by atoms with E-state index in [-0.39, 0.29) is 12.3 Å². The summed E-state index contributed by atoms with van der Waals surface area (Å²) in [7, 11) is 0. The van der Waals surface area contributed by atoms with Crippen molar-refractivity contribution in [2.24, 2.45) is 5.92 Å². The number of likely N-dealkylation sites (tertiary alicyclic amines) is 1. The number of unbranched alkanes of at least 4 members (excludes halogenated alkanes) is 3. The van der Waals surface area contributed by atoms with Gasteiger partial charge in [0.15, 0.2) is 0 Å². The van der Waals surface area contributed by atoms with Crippen LogP contribution in [0.25, 0.3) is 0 Å². The van der Waals surface area contributed by atoms with E-state index in [2.05, 4.69) is 22.8 Å². The molecule has 1 unspecified atom stereocenters. The van der Waals surface area contributed by atoms with Gasteiger partial charge in [0.25, 0.3) is 0 Å². The Balaban J connectivity index is 2.28. The Hall–Kier alpha value is -1.31. The summed E-state index contributed by atoms with van der Waals surface area (Å²) in [6.07, 6.45) is 12.0. The lowest BCUT2D eigenvalue weighted by Crippen LogP contribution is -2.29. The highest BCUT2D eigenvalue weighted by molar-refractivity contribution is 5.66. The van der Waals surface area contributed by atoms with Gasteiger partial charge < -0.3 is 10.2 Å². The number of rotatable bonds is 11. The molecule has 1 aliphatic heterocycles. The van der Waals surface area contributed by atoms with Crippen molar-refractivity contribution in [2.45, 2.75) is 83.8 Å². The quantitative estimate of drug-likeness (QED) is 0.338. The lowest BCUT2D eigenvalue weighted by atomic mass is 10.00.